The van der Waals surface area contributed by atoms with Gasteiger partial charge in [-0.15, -0.1) is 0 Å². The van der Waals surface area contributed by atoms with Crippen LogP contribution in [0.1, 0.15) is 33.6 Å². The lowest BCUT2D eigenvalue weighted by Crippen LogP contribution is -2.42. The second kappa shape index (κ2) is 5.73. The number of carbonyl (C=O) groups is 3. The zero-order chi connectivity index (χ0) is 14.7. The third kappa shape index (κ3) is 2.96. The smallest absolute Gasteiger partial charge is 0.335 e. The number of piperidine rings is 1. The highest BCUT2D eigenvalue weighted by Crippen LogP contribution is 2.19. The molecule has 1 aliphatic heterocycles. The van der Waals surface area contributed by atoms with Gasteiger partial charge in [0.25, 0.3) is 5.91 Å². The van der Waals surface area contributed by atoms with Gasteiger partial charge in [-0.2, -0.15) is 0 Å². The van der Waals surface area contributed by atoms with Crippen molar-refractivity contribution in [3.8, 4) is 0 Å². The molecule has 1 unspecified atom stereocenters. The van der Waals surface area contributed by atoms with Crippen molar-refractivity contribution in [2.45, 2.75) is 12.8 Å². The van der Waals surface area contributed by atoms with Gasteiger partial charge in [0.2, 0.25) is 0 Å². The van der Waals surface area contributed by atoms with Gasteiger partial charge in [-0.05, 0) is 31.0 Å². The van der Waals surface area contributed by atoms with Crippen LogP contribution in [0.15, 0.2) is 24.3 Å². The predicted molar refractivity (Wildman–Crippen MR) is 69.7 cm³/mol. The van der Waals surface area contributed by atoms with E-state index in [2.05, 4.69) is 0 Å². The predicted octanol–water partition coefficient (Wildman–Crippen LogP) is 1.32. The van der Waals surface area contributed by atoms with Gasteiger partial charge >= 0.3 is 11.9 Å². The molecule has 2 rings (SSSR count). The second-order valence-electron chi connectivity index (χ2n) is 4.81. The van der Waals surface area contributed by atoms with Gasteiger partial charge in [0.15, 0.2) is 0 Å². The summed E-state index contributed by atoms with van der Waals surface area (Å²) in [4.78, 5) is 35.6. The molecule has 1 amide bonds. The molecule has 6 heteroatoms. The highest BCUT2D eigenvalue weighted by atomic mass is 16.4. The van der Waals surface area contributed by atoms with Gasteiger partial charge in [-0.3, -0.25) is 9.59 Å². The molecule has 1 aromatic rings. The molecule has 1 atom stereocenters. The van der Waals surface area contributed by atoms with Crippen molar-refractivity contribution in [1.29, 1.82) is 0 Å². The first-order valence-electron chi connectivity index (χ1n) is 6.34. The van der Waals surface area contributed by atoms with E-state index in [0.717, 1.165) is 0 Å². The standard InChI is InChI=1S/C14H15NO5/c16-12(9-3-1-4-10(7-9)13(17)18)15-6-2-5-11(8-15)14(19)20/h1,3-4,7,11H,2,5-6,8H2,(H,17,18)(H,19,20). The normalized spacial score (nSPS) is 18.6. The fourth-order valence-electron chi connectivity index (χ4n) is 2.33. The van der Waals surface area contributed by atoms with Crippen molar-refractivity contribution in [2.24, 2.45) is 5.92 Å². The van der Waals surface area contributed by atoms with E-state index in [-0.39, 0.29) is 23.6 Å². The lowest BCUT2D eigenvalue weighted by atomic mass is 9.97. The number of amides is 1. The summed E-state index contributed by atoms with van der Waals surface area (Å²) in [6, 6.07) is 5.78. The van der Waals surface area contributed by atoms with E-state index in [0.29, 0.717) is 19.4 Å². The average Bonchev–Trinajstić information content (AvgIpc) is 2.46. The van der Waals surface area contributed by atoms with Crippen molar-refractivity contribution in [2.75, 3.05) is 13.1 Å². The van der Waals surface area contributed by atoms with Crippen LogP contribution in [0.3, 0.4) is 0 Å². The fraction of sp³-hybridized carbons (Fsp3) is 0.357. The number of aliphatic carboxylic acids is 1. The summed E-state index contributed by atoms with van der Waals surface area (Å²) in [6.45, 7) is 0.672. The van der Waals surface area contributed by atoms with Crippen molar-refractivity contribution in [3.05, 3.63) is 35.4 Å². The van der Waals surface area contributed by atoms with Gasteiger partial charge in [-0.25, -0.2) is 4.79 Å². The Hall–Kier alpha value is -2.37. The van der Waals surface area contributed by atoms with E-state index in [9.17, 15) is 14.4 Å². The molecule has 1 aliphatic rings. The van der Waals surface area contributed by atoms with Crippen molar-refractivity contribution in [3.63, 3.8) is 0 Å². The number of carbonyl (C=O) groups excluding carboxylic acids is 1. The maximum Gasteiger partial charge on any atom is 0.335 e. The van der Waals surface area contributed by atoms with Crippen LogP contribution in [0.5, 0.6) is 0 Å². The first kappa shape index (κ1) is 14.0. The number of nitrogens with zero attached hydrogens (tertiary/aromatic N) is 1. The van der Waals surface area contributed by atoms with Crippen LogP contribution < -0.4 is 0 Å². The van der Waals surface area contributed by atoms with Crippen LogP contribution in [0.2, 0.25) is 0 Å². The lowest BCUT2D eigenvalue weighted by molar-refractivity contribution is -0.143. The van der Waals surface area contributed by atoms with Gasteiger partial charge < -0.3 is 15.1 Å². The second-order valence-corrected chi connectivity index (χ2v) is 4.81. The molecule has 0 spiro atoms. The first-order valence-corrected chi connectivity index (χ1v) is 6.34. The minimum Gasteiger partial charge on any atom is -0.481 e. The molecular weight excluding hydrogens is 262 g/mol. The number of likely N-dealkylation sites (tertiary alicyclic amines) is 1. The zero-order valence-electron chi connectivity index (χ0n) is 10.8. The molecule has 1 aromatic carbocycles. The molecule has 0 aliphatic carbocycles. The Balaban J connectivity index is 2.16. The topological polar surface area (TPSA) is 94.9 Å². The van der Waals surface area contributed by atoms with E-state index in [1.54, 1.807) is 6.07 Å². The molecular formula is C14H15NO5. The number of carboxylic acid groups (broad SMARTS) is 2. The van der Waals surface area contributed by atoms with Crippen LogP contribution >= 0.6 is 0 Å². The summed E-state index contributed by atoms with van der Waals surface area (Å²) in [7, 11) is 0. The minimum atomic E-state index is -1.10. The summed E-state index contributed by atoms with van der Waals surface area (Å²) in [5.41, 5.74) is 0.318. The number of benzene rings is 1. The van der Waals surface area contributed by atoms with Crippen LogP contribution in [0.4, 0.5) is 0 Å². The molecule has 6 nitrogen and oxygen atoms in total. The Morgan fingerprint density at radius 3 is 2.50 bits per heavy atom. The van der Waals surface area contributed by atoms with E-state index in [1.807, 2.05) is 0 Å². The van der Waals surface area contributed by atoms with E-state index in [4.69, 9.17) is 10.2 Å². The van der Waals surface area contributed by atoms with Gasteiger partial charge in [0, 0.05) is 18.7 Å². The molecule has 1 saturated heterocycles. The van der Waals surface area contributed by atoms with Crippen molar-refractivity contribution < 1.29 is 24.6 Å². The fourth-order valence-corrected chi connectivity index (χ4v) is 2.33. The Morgan fingerprint density at radius 2 is 1.85 bits per heavy atom. The summed E-state index contributed by atoms with van der Waals surface area (Å²) in [6.07, 6.45) is 1.20. The molecule has 0 aromatic heterocycles. The molecule has 2 N–H and O–H groups in total. The van der Waals surface area contributed by atoms with Gasteiger partial charge in [0.1, 0.15) is 0 Å². The maximum absolute atomic E-state index is 12.3. The molecule has 0 bridgehead atoms. The average molecular weight is 277 g/mol. The van der Waals surface area contributed by atoms with E-state index < -0.39 is 17.9 Å². The summed E-state index contributed by atoms with van der Waals surface area (Å²) < 4.78 is 0. The van der Waals surface area contributed by atoms with Crippen molar-refractivity contribution >= 4 is 17.8 Å². The number of hydrogen-bond acceptors (Lipinski definition) is 3. The third-order valence-corrected chi connectivity index (χ3v) is 3.41. The van der Waals surface area contributed by atoms with E-state index in [1.165, 1.54) is 23.1 Å². The third-order valence-electron chi connectivity index (χ3n) is 3.41. The van der Waals surface area contributed by atoms with E-state index >= 15 is 0 Å². The Labute approximate surface area is 115 Å². The Bertz CT molecular complexity index is 554. The van der Waals surface area contributed by atoms with Crippen LogP contribution in [-0.2, 0) is 4.79 Å². The zero-order valence-corrected chi connectivity index (χ0v) is 10.8. The largest absolute Gasteiger partial charge is 0.481 e. The first-order chi connectivity index (χ1) is 9.49. The number of aromatic carboxylic acids is 1. The SMILES string of the molecule is O=C(O)c1cccc(C(=O)N2CCCC(C(=O)O)C2)c1. The summed E-state index contributed by atoms with van der Waals surface area (Å²) in [5, 5.41) is 17.9. The Kier molecular flexibility index (Phi) is 4.02. The summed E-state index contributed by atoms with van der Waals surface area (Å²) >= 11 is 0. The number of hydrogen-bond donors (Lipinski definition) is 2. The number of carboxylic acids is 2. The summed E-state index contributed by atoms with van der Waals surface area (Å²) in [5.74, 6) is -2.86. The molecule has 0 radical (unpaired) electrons. The quantitative estimate of drug-likeness (QED) is 0.868. The Morgan fingerprint density at radius 1 is 1.15 bits per heavy atom. The maximum atomic E-state index is 12.3. The van der Waals surface area contributed by atoms with Gasteiger partial charge in [-0.1, -0.05) is 6.07 Å². The highest BCUT2D eigenvalue weighted by Gasteiger charge is 2.28. The monoisotopic (exact) mass is 277 g/mol. The molecule has 1 fully saturated rings. The highest BCUT2D eigenvalue weighted by molar-refractivity contribution is 5.97. The van der Waals surface area contributed by atoms with Crippen LogP contribution in [0.25, 0.3) is 0 Å². The molecule has 20 heavy (non-hydrogen) atoms. The number of rotatable bonds is 3. The minimum absolute atomic E-state index is 0.0441. The van der Waals surface area contributed by atoms with Crippen LogP contribution in [-0.4, -0.2) is 46.0 Å². The van der Waals surface area contributed by atoms with Crippen molar-refractivity contribution in [1.82, 2.24) is 4.90 Å². The lowest BCUT2D eigenvalue weighted by Gasteiger charge is -2.30. The van der Waals surface area contributed by atoms with Crippen LogP contribution in [0, 0.1) is 5.92 Å². The molecule has 0 saturated carbocycles. The van der Waals surface area contributed by atoms with Gasteiger partial charge in [0.05, 0.1) is 11.5 Å². The molecule has 1 heterocycles. The molecule has 106 valence electrons.